The lowest BCUT2D eigenvalue weighted by Crippen LogP contribution is -2.51. The fraction of sp³-hybridized carbons (Fsp3) is 0.476. The lowest BCUT2D eigenvalue weighted by molar-refractivity contribution is -0.124. The molecular formula is C21H29N5O2S. The first-order chi connectivity index (χ1) is 13.9. The molecule has 1 saturated heterocycles. The smallest absolute Gasteiger partial charge is 0.240 e. The molecule has 156 valence electrons. The van der Waals surface area contributed by atoms with E-state index in [1.54, 1.807) is 0 Å². The molecule has 1 aliphatic heterocycles. The van der Waals surface area contributed by atoms with E-state index >= 15 is 0 Å². The number of amides is 2. The Morgan fingerprint density at radius 1 is 1.03 bits per heavy atom. The highest BCUT2D eigenvalue weighted by Crippen LogP contribution is 2.25. The lowest BCUT2D eigenvalue weighted by atomic mass is 10.1. The number of nitrogens with one attached hydrogen (secondary N) is 2. The third-order valence-corrected chi connectivity index (χ3v) is 5.50. The highest BCUT2D eigenvalue weighted by atomic mass is 32.1. The Morgan fingerprint density at radius 3 is 2.21 bits per heavy atom. The summed E-state index contributed by atoms with van der Waals surface area (Å²) in [6, 6.07) is 8.34. The Labute approximate surface area is 176 Å². The number of benzene rings is 1. The van der Waals surface area contributed by atoms with Crippen molar-refractivity contribution in [3.63, 3.8) is 0 Å². The molecule has 1 fully saturated rings. The predicted molar refractivity (Wildman–Crippen MR) is 117 cm³/mol. The molecule has 2 heterocycles. The van der Waals surface area contributed by atoms with Gasteiger partial charge in [-0.3, -0.25) is 19.4 Å². The van der Waals surface area contributed by atoms with Gasteiger partial charge in [0.2, 0.25) is 11.8 Å². The highest BCUT2D eigenvalue weighted by Gasteiger charge is 2.21. The van der Waals surface area contributed by atoms with Gasteiger partial charge in [-0.05, 0) is 20.8 Å². The second-order valence-corrected chi connectivity index (χ2v) is 8.58. The van der Waals surface area contributed by atoms with E-state index in [0.717, 1.165) is 37.4 Å². The van der Waals surface area contributed by atoms with Crippen LogP contribution < -0.4 is 10.6 Å². The van der Waals surface area contributed by atoms with Crippen molar-refractivity contribution in [2.45, 2.75) is 26.8 Å². The molecule has 1 aromatic carbocycles. The third-order valence-electron chi connectivity index (χ3n) is 4.75. The topological polar surface area (TPSA) is 77.6 Å². The number of aryl methyl sites for hydroxylation is 1. The zero-order valence-corrected chi connectivity index (χ0v) is 18.1. The molecule has 29 heavy (non-hydrogen) atoms. The van der Waals surface area contributed by atoms with E-state index < -0.39 is 0 Å². The molecule has 0 atom stereocenters. The van der Waals surface area contributed by atoms with Crippen molar-refractivity contribution in [2.24, 2.45) is 0 Å². The number of aromatic nitrogens is 1. The molecular weight excluding hydrogens is 386 g/mol. The van der Waals surface area contributed by atoms with Crippen LogP contribution in [0.1, 0.15) is 19.4 Å². The summed E-state index contributed by atoms with van der Waals surface area (Å²) in [7, 11) is 0. The summed E-state index contributed by atoms with van der Waals surface area (Å²) in [6.07, 6.45) is 0. The molecule has 0 aliphatic carbocycles. The number of anilines is 1. The van der Waals surface area contributed by atoms with Crippen molar-refractivity contribution >= 4 is 28.3 Å². The maximum absolute atomic E-state index is 12.4. The van der Waals surface area contributed by atoms with Gasteiger partial charge < -0.3 is 10.6 Å². The normalized spacial score (nSPS) is 15.4. The zero-order valence-electron chi connectivity index (χ0n) is 17.3. The summed E-state index contributed by atoms with van der Waals surface area (Å²) in [5.41, 5.74) is 3.13. The van der Waals surface area contributed by atoms with Crippen LogP contribution in [0.15, 0.2) is 29.6 Å². The van der Waals surface area contributed by atoms with Gasteiger partial charge in [0.25, 0.3) is 0 Å². The van der Waals surface area contributed by atoms with Gasteiger partial charge in [0.1, 0.15) is 0 Å². The van der Waals surface area contributed by atoms with Crippen LogP contribution in [0.2, 0.25) is 0 Å². The van der Waals surface area contributed by atoms with Crippen LogP contribution >= 0.6 is 11.3 Å². The first kappa shape index (κ1) is 21.4. The standard InChI is InChI=1S/C21H29N5O2S/c1-15(2)22-19(27)12-25-8-10-26(11-9-25)13-20(28)24-21-23-18(14-29-21)17-6-4-16(3)5-7-17/h4-7,14-15H,8-13H2,1-3H3,(H,22,27)(H,23,24,28). The Balaban J connectivity index is 1.43. The van der Waals surface area contributed by atoms with Crippen LogP contribution in [-0.2, 0) is 9.59 Å². The molecule has 0 radical (unpaired) electrons. The highest BCUT2D eigenvalue weighted by molar-refractivity contribution is 7.14. The van der Waals surface area contributed by atoms with Crippen molar-refractivity contribution in [3.05, 3.63) is 35.2 Å². The van der Waals surface area contributed by atoms with Gasteiger partial charge in [0.05, 0.1) is 18.8 Å². The van der Waals surface area contributed by atoms with Crippen molar-refractivity contribution in [1.29, 1.82) is 0 Å². The second kappa shape index (κ2) is 9.96. The minimum Gasteiger partial charge on any atom is -0.353 e. The summed E-state index contributed by atoms with van der Waals surface area (Å²) in [5, 5.41) is 8.40. The first-order valence-corrected chi connectivity index (χ1v) is 10.8. The monoisotopic (exact) mass is 415 g/mol. The average Bonchev–Trinajstić information content (AvgIpc) is 3.11. The molecule has 7 nitrogen and oxygen atoms in total. The molecule has 1 aliphatic rings. The Hall–Kier alpha value is -2.29. The molecule has 2 amide bonds. The van der Waals surface area contributed by atoms with Gasteiger partial charge in [-0.1, -0.05) is 29.8 Å². The van der Waals surface area contributed by atoms with Crippen molar-refractivity contribution < 1.29 is 9.59 Å². The van der Waals surface area contributed by atoms with Crippen molar-refractivity contribution in [2.75, 3.05) is 44.6 Å². The third kappa shape index (κ3) is 6.62. The minimum atomic E-state index is -0.0548. The van der Waals surface area contributed by atoms with E-state index in [-0.39, 0.29) is 17.9 Å². The molecule has 0 bridgehead atoms. The quantitative estimate of drug-likeness (QED) is 0.725. The number of rotatable bonds is 7. The molecule has 1 aromatic heterocycles. The number of carbonyl (C=O) groups is 2. The zero-order chi connectivity index (χ0) is 20.8. The summed E-state index contributed by atoms with van der Waals surface area (Å²) < 4.78 is 0. The SMILES string of the molecule is Cc1ccc(-c2csc(NC(=O)CN3CCN(CC(=O)NC(C)C)CC3)n2)cc1. The van der Waals surface area contributed by atoms with Gasteiger partial charge in [-0.25, -0.2) is 4.98 Å². The fourth-order valence-corrected chi connectivity index (χ4v) is 3.96. The molecule has 2 N–H and O–H groups in total. The molecule has 0 saturated carbocycles. The molecule has 0 spiro atoms. The number of hydrogen-bond donors (Lipinski definition) is 2. The van der Waals surface area contributed by atoms with Gasteiger partial charge in [-0.2, -0.15) is 0 Å². The number of hydrogen-bond acceptors (Lipinski definition) is 6. The van der Waals surface area contributed by atoms with Crippen LogP contribution in [0.5, 0.6) is 0 Å². The van der Waals surface area contributed by atoms with E-state index in [1.807, 2.05) is 31.4 Å². The van der Waals surface area contributed by atoms with Crippen LogP contribution in [-0.4, -0.2) is 71.9 Å². The predicted octanol–water partition coefficient (Wildman–Crippen LogP) is 2.20. The number of carbonyl (C=O) groups excluding carboxylic acids is 2. The molecule has 8 heteroatoms. The van der Waals surface area contributed by atoms with E-state index in [9.17, 15) is 9.59 Å². The Kier molecular flexibility index (Phi) is 7.35. The van der Waals surface area contributed by atoms with Gasteiger partial charge in [0, 0.05) is 43.2 Å². The first-order valence-electron chi connectivity index (χ1n) is 9.95. The van der Waals surface area contributed by atoms with E-state index in [1.165, 1.54) is 16.9 Å². The van der Waals surface area contributed by atoms with Crippen LogP contribution in [0.3, 0.4) is 0 Å². The number of piperazine rings is 1. The van der Waals surface area contributed by atoms with Crippen LogP contribution in [0, 0.1) is 6.92 Å². The maximum atomic E-state index is 12.4. The van der Waals surface area contributed by atoms with E-state index in [0.29, 0.717) is 18.2 Å². The maximum Gasteiger partial charge on any atom is 0.240 e. The molecule has 0 unspecified atom stereocenters. The lowest BCUT2D eigenvalue weighted by Gasteiger charge is -2.33. The van der Waals surface area contributed by atoms with Gasteiger partial charge >= 0.3 is 0 Å². The minimum absolute atomic E-state index is 0.0548. The fourth-order valence-electron chi connectivity index (χ4n) is 3.23. The second-order valence-electron chi connectivity index (χ2n) is 7.73. The van der Waals surface area contributed by atoms with E-state index in [4.69, 9.17) is 0 Å². The molecule has 2 aromatic rings. The van der Waals surface area contributed by atoms with Crippen molar-refractivity contribution in [3.8, 4) is 11.3 Å². The number of nitrogens with zero attached hydrogens (tertiary/aromatic N) is 3. The van der Waals surface area contributed by atoms with E-state index in [2.05, 4.69) is 44.5 Å². The summed E-state index contributed by atoms with van der Waals surface area (Å²) >= 11 is 1.44. The molecule has 3 rings (SSSR count). The number of thiazole rings is 1. The largest absolute Gasteiger partial charge is 0.353 e. The van der Waals surface area contributed by atoms with Crippen molar-refractivity contribution in [1.82, 2.24) is 20.1 Å². The van der Waals surface area contributed by atoms with Gasteiger partial charge in [-0.15, -0.1) is 11.3 Å². The Bertz CT molecular complexity index is 826. The average molecular weight is 416 g/mol. The summed E-state index contributed by atoms with van der Waals surface area (Å²) in [4.78, 5) is 33.0. The summed E-state index contributed by atoms with van der Waals surface area (Å²) in [6.45, 7) is 9.84. The Morgan fingerprint density at radius 2 is 1.62 bits per heavy atom. The summed E-state index contributed by atoms with van der Waals surface area (Å²) in [5.74, 6) is 0.000139. The van der Waals surface area contributed by atoms with Crippen LogP contribution in [0.25, 0.3) is 11.3 Å². The van der Waals surface area contributed by atoms with Gasteiger partial charge in [0.15, 0.2) is 5.13 Å². The van der Waals surface area contributed by atoms with Crippen LogP contribution in [0.4, 0.5) is 5.13 Å².